The molecule has 1 fully saturated rings. The summed E-state index contributed by atoms with van der Waals surface area (Å²) < 4.78 is 1.71. The molecule has 2 rings (SSSR count). The highest BCUT2D eigenvalue weighted by Gasteiger charge is 2.22. The summed E-state index contributed by atoms with van der Waals surface area (Å²) in [5.41, 5.74) is 1.66. The molecule has 0 spiro atoms. The van der Waals surface area contributed by atoms with Crippen LogP contribution < -0.4 is 0 Å². The quantitative estimate of drug-likeness (QED) is 0.530. The van der Waals surface area contributed by atoms with Gasteiger partial charge in [0.05, 0.1) is 11.9 Å². The van der Waals surface area contributed by atoms with Gasteiger partial charge in [0.25, 0.3) is 0 Å². The summed E-state index contributed by atoms with van der Waals surface area (Å²) in [4.78, 5) is 13.9. The molecule has 1 heterocycles. The molecule has 4 heteroatoms. The smallest absolute Gasteiger partial charge is 0.240 e. The number of aromatic nitrogens is 2. The van der Waals surface area contributed by atoms with Crippen molar-refractivity contribution in [2.75, 3.05) is 0 Å². The van der Waals surface area contributed by atoms with Gasteiger partial charge in [-0.25, -0.2) is 4.79 Å². The molecule has 1 aliphatic carbocycles. The van der Waals surface area contributed by atoms with E-state index < -0.39 is 0 Å². The second kappa shape index (κ2) is 3.76. The van der Waals surface area contributed by atoms with E-state index in [0.29, 0.717) is 11.6 Å². The first-order chi connectivity index (χ1) is 6.81. The fourth-order valence-electron chi connectivity index (χ4n) is 2.12. The summed E-state index contributed by atoms with van der Waals surface area (Å²) in [5.74, 6) is 0.489. The van der Waals surface area contributed by atoms with E-state index in [1.54, 1.807) is 17.0 Å². The van der Waals surface area contributed by atoms with E-state index >= 15 is 0 Å². The van der Waals surface area contributed by atoms with Crippen LogP contribution >= 0.6 is 0 Å². The number of carbonyl (C=O) groups excluding carboxylic acids is 1. The molecule has 1 aliphatic rings. The van der Waals surface area contributed by atoms with E-state index in [4.69, 9.17) is 0 Å². The number of rotatable bonds is 2. The third kappa shape index (κ3) is 1.61. The maximum atomic E-state index is 10.2. The Morgan fingerprint density at radius 1 is 1.57 bits per heavy atom. The van der Waals surface area contributed by atoms with Crippen LogP contribution in [-0.4, -0.2) is 15.9 Å². The second-order valence-corrected chi connectivity index (χ2v) is 3.76. The van der Waals surface area contributed by atoms with Crippen molar-refractivity contribution >= 4 is 11.8 Å². The fraction of sp³-hybridized carbons (Fsp3) is 0.600. The number of hydrogen-bond acceptors (Lipinski definition) is 3. The molecule has 1 aromatic heterocycles. The van der Waals surface area contributed by atoms with Gasteiger partial charge in [-0.3, -0.25) is 4.68 Å². The summed E-state index contributed by atoms with van der Waals surface area (Å²) in [6.45, 7) is 0. The van der Waals surface area contributed by atoms with E-state index in [-0.39, 0.29) is 0 Å². The van der Waals surface area contributed by atoms with Crippen molar-refractivity contribution in [2.45, 2.75) is 31.6 Å². The van der Waals surface area contributed by atoms with Crippen molar-refractivity contribution in [1.29, 1.82) is 0 Å². The Labute approximate surface area is 82.6 Å². The predicted molar refractivity (Wildman–Crippen MR) is 52.2 cm³/mol. The molecule has 74 valence electrons. The molecular weight excluding hydrogens is 178 g/mol. The molecule has 14 heavy (non-hydrogen) atoms. The van der Waals surface area contributed by atoms with Crippen molar-refractivity contribution in [1.82, 2.24) is 9.78 Å². The molecule has 0 unspecified atom stereocenters. The van der Waals surface area contributed by atoms with Gasteiger partial charge < -0.3 is 0 Å². The molecule has 1 saturated carbocycles. The summed E-state index contributed by atoms with van der Waals surface area (Å²) in [7, 11) is 1.85. The number of aryl methyl sites for hydroxylation is 1. The Hall–Kier alpha value is -1.41. The summed E-state index contributed by atoms with van der Waals surface area (Å²) in [6, 6.07) is 0. The van der Waals surface area contributed by atoms with Gasteiger partial charge in [0, 0.05) is 13.0 Å². The SMILES string of the molecule is Cn1cc(N=C=O)c(C2CCCC2)n1. The first-order valence-electron chi connectivity index (χ1n) is 4.92. The summed E-state index contributed by atoms with van der Waals surface area (Å²) >= 11 is 0. The topological polar surface area (TPSA) is 47.2 Å². The zero-order chi connectivity index (χ0) is 9.97. The molecule has 0 aliphatic heterocycles. The number of aliphatic imine (C=N–C) groups is 1. The zero-order valence-electron chi connectivity index (χ0n) is 8.23. The van der Waals surface area contributed by atoms with Crippen LogP contribution in [0.4, 0.5) is 5.69 Å². The van der Waals surface area contributed by atoms with Gasteiger partial charge in [0.15, 0.2) is 0 Å². The lowest BCUT2D eigenvalue weighted by atomic mass is 10.0. The van der Waals surface area contributed by atoms with Crippen LogP contribution in [0.5, 0.6) is 0 Å². The first kappa shape index (κ1) is 9.16. The minimum atomic E-state index is 0.489. The van der Waals surface area contributed by atoms with E-state index in [9.17, 15) is 4.79 Å². The monoisotopic (exact) mass is 191 g/mol. The molecule has 0 N–H and O–H groups in total. The van der Waals surface area contributed by atoms with Gasteiger partial charge in [-0.05, 0) is 12.8 Å². The lowest BCUT2D eigenvalue weighted by molar-refractivity contribution is 0.565. The molecular formula is C10H13N3O. The molecule has 1 aromatic rings. The molecule has 0 radical (unpaired) electrons. The van der Waals surface area contributed by atoms with Crippen LogP contribution in [0.25, 0.3) is 0 Å². The highest BCUT2D eigenvalue weighted by Crippen LogP contribution is 2.37. The van der Waals surface area contributed by atoms with Crippen LogP contribution in [0.3, 0.4) is 0 Å². The van der Waals surface area contributed by atoms with Crippen LogP contribution in [0.15, 0.2) is 11.2 Å². The third-order valence-electron chi connectivity index (χ3n) is 2.74. The van der Waals surface area contributed by atoms with E-state index in [0.717, 1.165) is 5.69 Å². The van der Waals surface area contributed by atoms with E-state index in [1.807, 2.05) is 7.05 Å². The Morgan fingerprint density at radius 3 is 2.93 bits per heavy atom. The van der Waals surface area contributed by atoms with Crippen LogP contribution in [-0.2, 0) is 11.8 Å². The Morgan fingerprint density at radius 2 is 2.29 bits per heavy atom. The van der Waals surface area contributed by atoms with Crippen molar-refractivity contribution < 1.29 is 4.79 Å². The summed E-state index contributed by atoms with van der Waals surface area (Å²) in [5, 5.41) is 4.36. The van der Waals surface area contributed by atoms with Gasteiger partial charge in [-0.1, -0.05) is 12.8 Å². The largest absolute Gasteiger partial charge is 0.273 e. The Bertz CT molecular complexity index is 371. The lowest BCUT2D eigenvalue weighted by Crippen LogP contribution is -1.96. The molecule has 0 amide bonds. The highest BCUT2D eigenvalue weighted by molar-refractivity contribution is 5.51. The molecule has 4 nitrogen and oxygen atoms in total. The second-order valence-electron chi connectivity index (χ2n) is 3.76. The number of isocyanates is 1. The van der Waals surface area contributed by atoms with E-state index in [2.05, 4.69) is 10.1 Å². The first-order valence-corrected chi connectivity index (χ1v) is 4.92. The molecule has 0 saturated heterocycles. The van der Waals surface area contributed by atoms with Crippen LogP contribution in [0.2, 0.25) is 0 Å². The average Bonchev–Trinajstić information content (AvgIpc) is 2.74. The van der Waals surface area contributed by atoms with Gasteiger partial charge in [0.2, 0.25) is 6.08 Å². The predicted octanol–water partition coefficient (Wildman–Crippen LogP) is 2.04. The van der Waals surface area contributed by atoms with Crippen molar-refractivity contribution in [2.24, 2.45) is 12.0 Å². The van der Waals surface area contributed by atoms with Crippen molar-refractivity contribution in [3.8, 4) is 0 Å². The maximum Gasteiger partial charge on any atom is 0.240 e. The highest BCUT2D eigenvalue weighted by atomic mass is 16.1. The standard InChI is InChI=1S/C10H13N3O/c1-13-6-9(11-7-14)10(12-13)8-4-2-3-5-8/h6,8H,2-5H2,1H3. The summed E-state index contributed by atoms with van der Waals surface area (Å²) in [6.07, 6.45) is 8.20. The lowest BCUT2D eigenvalue weighted by Gasteiger charge is -2.04. The molecule has 0 atom stereocenters. The number of hydrogen-bond donors (Lipinski definition) is 0. The van der Waals surface area contributed by atoms with Gasteiger partial charge >= 0.3 is 0 Å². The number of nitrogens with zero attached hydrogens (tertiary/aromatic N) is 3. The van der Waals surface area contributed by atoms with E-state index in [1.165, 1.54) is 25.7 Å². The van der Waals surface area contributed by atoms with Gasteiger partial charge in [-0.15, -0.1) is 0 Å². The van der Waals surface area contributed by atoms with Crippen LogP contribution in [0, 0.1) is 0 Å². The fourth-order valence-corrected chi connectivity index (χ4v) is 2.12. The third-order valence-corrected chi connectivity index (χ3v) is 2.74. The average molecular weight is 191 g/mol. The van der Waals surface area contributed by atoms with Gasteiger partial charge in [0.1, 0.15) is 5.69 Å². The minimum absolute atomic E-state index is 0.489. The van der Waals surface area contributed by atoms with Gasteiger partial charge in [-0.2, -0.15) is 10.1 Å². The van der Waals surface area contributed by atoms with Crippen LogP contribution in [0.1, 0.15) is 37.3 Å². The molecule has 0 bridgehead atoms. The Kier molecular flexibility index (Phi) is 2.46. The zero-order valence-corrected chi connectivity index (χ0v) is 8.23. The minimum Gasteiger partial charge on any atom is -0.273 e. The van der Waals surface area contributed by atoms with Crippen molar-refractivity contribution in [3.63, 3.8) is 0 Å². The maximum absolute atomic E-state index is 10.2. The van der Waals surface area contributed by atoms with Crippen molar-refractivity contribution in [3.05, 3.63) is 11.9 Å². The molecule has 0 aromatic carbocycles. The normalized spacial score (nSPS) is 16.9. The Balaban J connectivity index is 2.34.